The van der Waals surface area contributed by atoms with Crippen LogP contribution in [-0.4, -0.2) is 35.7 Å². The molecule has 0 amide bonds. The Morgan fingerprint density at radius 1 is 1.00 bits per heavy atom. The first-order chi connectivity index (χ1) is 13.1. The number of rotatable bonds is 7. The molecular formula is C20H19NO6. The number of cyclic esters (lactones) is 1. The van der Waals surface area contributed by atoms with Crippen LogP contribution in [-0.2, 0) is 36.9 Å². The first-order valence-electron chi connectivity index (χ1n) is 8.49. The zero-order chi connectivity index (χ0) is 19.1. The molecule has 0 saturated carbocycles. The molecule has 0 unspecified atom stereocenters. The molecule has 27 heavy (non-hydrogen) atoms. The number of hydroxylamine groups is 2. The van der Waals surface area contributed by atoms with E-state index in [0.717, 1.165) is 16.2 Å². The Balaban J connectivity index is 1.51. The van der Waals surface area contributed by atoms with Crippen LogP contribution < -0.4 is 0 Å². The van der Waals surface area contributed by atoms with Gasteiger partial charge in [0.25, 0.3) is 0 Å². The summed E-state index contributed by atoms with van der Waals surface area (Å²) in [6.45, 7) is -0.192. The SMILES string of the molecule is O=C(Cc1ccccc1)C[C@H]1C(=O)OCN1OC(=O)OCc1ccccc1. The first kappa shape index (κ1) is 18.6. The van der Waals surface area contributed by atoms with Crippen LogP contribution >= 0.6 is 0 Å². The van der Waals surface area contributed by atoms with Crippen molar-refractivity contribution < 1.29 is 28.7 Å². The molecule has 1 aliphatic heterocycles. The van der Waals surface area contributed by atoms with Gasteiger partial charge in [0.1, 0.15) is 12.4 Å². The molecule has 0 radical (unpaired) electrons. The fraction of sp³-hybridized carbons (Fsp3) is 0.250. The molecule has 1 fully saturated rings. The van der Waals surface area contributed by atoms with Crippen LogP contribution in [0.3, 0.4) is 0 Å². The van der Waals surface area contributed by atoms with Gasteiger partial charge in [0.2, 0.25) is 0 Å². The Hall–Kier alpha value is -3.19. The van der Waals surface area contributed by atoms with Gasteiger partial charge in [0.15, 0.2) is 12.8 Å². The quantitative estimate of drug-likeness (QED) is 0.694. The topological polar surface area (TPSA) is 82.1 Å². The summed E-state index contributed by atoms with van der Waals surface area (Å²) in [6, 6.07) is 17.4. The van der Waals surface area contributed by atoms with Gasteiger partial charge in [0.05, 0.1) is 0 Å². The van der Waals surface area contributed by atoms with Crippen LogP contribution in [0.15, 0.2) is 60.7 Å². The van der Waals surface area contributed by atoms with Crippen LogP contribution in [0.2, 0.25) is 0 Å². The molecule has 2 aromatic carbocycles. The van der Waals surface area contributed by atoms with Gasteiger partial charge in [-0.05, 0) is 11.1 Å². The maximum atomic E-state index is 12.2. The molecule has 0 spiro atoms. The van der Waals surface area contributed by atoms with Crippen LogP contribution in [0.5, 0.6) is 0 Å². The lowest BCUT2D eigenvalue weighted by Crippen LogP contribution is -2.37. The highest BCUT2D eigenvalue weighted by atomic mass is 16.8. The Bertz CT molecular complexity index is 793. The van der Waals surface area contributed by atoms with E-state index in [4.69, 9.17) is 14.3 Å². The summed E-state index contributed by atoms with van der Waals surface area (Å²) in [5.74, 6) is -0.761. The average Bonchev–Trinajstić information content (AvgIpc) is 3.01. The Morgan fingerprint density at radius 3 is 2.30 bits per heavy atom. The van der Waals surface area contributed by atoms with Crippen LogP contribution in [0.25, 0.3) is 0 Å². The summed E-state index contributed by atoms with van der Waals surface area (Å²) in [7, 11) is 0. The van der Waals surface area contributed by atoms with Crippen molar-refractivity contribution in [3.8, 4) is 0 Å². The lowest BCUT2D eigenvalue weighted by molar-refractivity contribution is -0.156. The van der Waals surface area contributed by atoms with Crippen molar-refractivity contribution in [3.63, 3.8) is 0 Å². The molecule has 7 heteroatoms. The van der Waals surface area contributed by atoms with Gasteiger partial charge in [-0.25, -0.2) is 4.79 Å². The highest BCUT2D eigenvalue weighted by molar-refractivity contribution is 5.88. The average molecular weight is 369 g/mol. The molecule has 1 heterocycles. The predicted octanol–water partition coefficient (Wildman–Crippen LogP) is 2.64. The molecule has 3 rings (SSSR count). The molecule has 1 aliphatic rings. The normalized spacial score (nSPS) is 16.6. The molecule has 0 bridgehead atoms. The monoisotopic (exact) mass is 369 g/mol. The maximum Gasteiger partial charge on any atom is 0.528 e. The molecule has 0 N–H and O–H groups in total. The summed E-state index contributed by atoms with van der Waals surface area (Å²) in [4.78, 5) is 41.0. The van der Waals surface area contributed by atoms with Gasteiger partial charge in [-0.15, -0.1) is 0 Å². The van der Waals surface area contributed by atoms with Gasteiger partial charge in [-0.3, -0.25) is 9.59 Å². The third-order valence-electron chi connectivity index (χ3n) is 4.01. The second-order valence-electron chi connectivity index (χ2n) is 6.05. The number of ether oxygens (including phenoxy) is 2. The summed E-state index contributed by atoms with van der Waals surface area (Å²) >= 11 is 0. The fourth-order valence-electron chi connectivity index (χ4n) is 2.66. The summed E-state index contributed by atoms with van der Waals surface area (Å²) in [5.41, 5.74) is 1.65. The van der Waals surface area contributed by atoms with Crippen molar-refractivity contribution in [2.45, 2.75) is 25.5 Å². The maximum absolute atomic E-state index is 12.2. The zero-order valence-corrected chi connectivity index (χ0v) is 14.6. The minimum absolute atomic E-state index is 0.0416. The molecule has 0 aliphatic carbocycles. The Labute approximate surface area is 156 Å². The highest BCUT2D eigenvalue weighted by Crippen LogP contribution is 2.17. The third-order valence-corrected chi connectivity index (χ3v) is 4.01. The number of Topliss-reactive ketones (excluding diaryl/α,β-unsaturated/α-hetero) is 1. The first-order valence-corrected chi connectivity index (χ1v) is 8.49. The van der Waals surface area contributed by atoms with Gasteiger partial charge in [-0.1, -0.05) is 65.7 Å². The van der Waals surface area contributed by atoms with Crippen molar-refractivity contribution in [2.75, 3.05) is 6.73 Å². The van der Waals surface area contributed by atoms with E-state index in [2.05, 4.69) is 0 Å². The van der Waals surface area contributed by atoms with Crippen LogP contribution in [0.1, 0.15) is 17.5 Å². The van der Waals surface area contributed by atoms with Crippen molar-refractivity contribution in [1.29, 1.82) is 0 Å². The van der Waals surface area contributed by atoms with E-state index in [1.54, 1.807) is 12.1 Å². The number of ketones is 1. The van der Waals surface area contributed by atoms with Gasteiger partial charge < -0.3 is 14.3 Å². The van der Waals surface area contributed by atoms with E-state index < -0.39 is 18.2 Å². The van der Waals surface area contributed by atoms with Crippen LogP contribution in [0, 0.1) is 0 Å². The molecular weight excluding hydrogens is 350 g/mol. The predicted molar refractivity (Wildman–Crippen MR) is 94.1 cm³/mol. The van der Waals surface area contributed by atoms with Crippen molar-refractivity contribution in [2.24, 2.45) is 0 Å². The standard InChI is InChI=1S/C20H19NO6/c22-17(11-15-7-3-1-4-8-15)12-18-19(23)26-14-21(18)27-20(24)25-13-16-9-5-2-6-10-16/h1-10,18H,11-14H2/t18-/m0/s1. The van der Waals surface area contributed by atoms with E-state index in [1.807, 2.05) is 48.5 Å². The van der Waals surface area contributed by atoms with E-state index in [-0.39, 0.29) is 32.0 Å². The van der Waals surface area contributed by atoms with E-state index in [0.29, 0.717) is 0 Å². The molecule has 140 valence electrons. The largest absolute Gasteiger partial charge is 0.528 e. The number of carbonyl (C=O) groups is 3. The molecule has 0 aromatic heterocycles. The lowest BCUT2D eigenvalue weighted by atomic mass is 10.0. The van der Waals surface area contributed by atoms with Gasteiger partial charge in [0, 0.05) is 12.8 Å². The second kappa shape index (κ2) is 8.95. The summed E-state index contributed by atoms with van der Waals surface area (Å²) in [6.07, 6.45) is -0.881. The Kier molecular flexibility index (Phi) is 6.17. The summed E-state index contributed by atoms with van der Waals surface area (Å²) in [5, 5.41) is 1.04. The van der Waals surface area contributed by atoms with Crippen molar-refractivity contribution >= 4 is 17.9 Å². The van der Waals surface area contributed by atoms with Gasteiger partial charge in [-0.2, -0.15) is 0 Å². The van der Waals surface area contributed by atoms with E-state index in [1.165, 1.54) is 0 Å². The minimum Gasteiger partial charge on any atom is -0.445 e. The lowest BCUT2D eigenvalue weighted by Gasteiger charge is -2.17. The Morgan fingerprint density at radius 2 is 1.63 bits per heavy atom. The van der Waals surface area contributed by atoms with E-state index in [9.17, 15) is 14.4 Å². The third kappa shape index (κ3) is 5.39. The number of hydrogen-bond acceptors (Lipinski definition) is 7. The number of benzene rings is 2. The second-order valence-corrected chi connectivity index (χ2v) is 6.05. The zero-order valence-electron chi connectivity index (χ0n) is 14.6. The van der Waals surface area contributed by atoms with E-state index >= 15 is 0 Å². The minimum atomic E-state index is -0.967. The molecule has 1 saturated heterocycles. The highest BCUT2D eigenvalue weighted by Gasteiger charge is 2.39. The fourth-order valence-corrected chi connectivity index (χ4v) is 2.66. The number of carbonyl (C=O) groups excluding carboxylic acids is 3. The number of esters is 1. The van der Waals surface area contributed by atoms with Crippen LogP contribution in [0.4, 0.5) is 4.79 Å². The van der Waals surface area contributed by atoms with Gasteiger partial charge >= 0.3 is 12.1 Å². The smallest absolute Gasteiger partial charge is 0.445 e. The van der Waals surface area contributed by atoms with Crippen molar-refractivity contribution in [3.05, 3.63) is 71.8 Å². The molecule has 7 nitrogen and oxygen atoms in total. The molecule has 1 atom stereocenters. The summed E-state index contributed by atoms with van der Waals surface area (Å²) < 4.78 is 9.91. The van der Waals surface area contributed by atoms with Crippen molar-refractivity contribution in [1.82, 2.24) is 5.06 Å². The number of hydrogen-bond donors (Lipinski definition) is 0. The number of nitrogens with zero attached hydrogens (tertiary/aromatic N) is 1. The molecule has 2 aromatic rings.